The Morgan fingerprint density at radius 1 is 1.14 bits per heavy atom. The minimum atomic E-state index is -2.05. The van der Waals surface area contributed by atoms with Crippen molar-refractivity contribution in [3.8, 4) is 0 Å². The van der Waals surface area contributed by atoms with Crippen molar-refractivity contribution in [3.05, 3.63) is 54.4 Å². The summed E-state index contributed by atoms with van der Waals surface area (Å²) in [4.78, 5) is 42.0. The minimum absolute atomic E-state index is 0.0529. The summed E-state index contributed by atoms with van der Waals surface area (Å²) in [6.45, 7) is 4.37. The predicted molar refractivity (Wildman–Crippen MR) is 130 cm³/mol. The molecule has 186 valence electrons. The number of nitrogens with zero attached hydrogens (tertiary/aromatic N) is 2. The van der Waals surface area contributed by atoms with Gasteiger partial charge in [-0.25, -0.2) is 14.6 Å². The van der Waals surface area contributed by atoms with Crippen LogP contribution in [0.5, 0.6) is 0 Å². The number of amides is 2. The van der Waals surface area contributed by atoms with Gasteiger partial charge in [0.05, 0.1) is 18.3 Å². The van der Waals surface area contributed by atoms with Crippen LogP contribution in [0.25, 0.3) is 10.9 Å². The van der Waals surface area contributed by atoms with Gasteiger partial charge in [0.15, 0.2) is 0 Å². The lowest BCUT2D eigenvalue weighted by atomic mass is 10.0. The molecule has 0 radical (unpaired) electrons. The largest absolute Gasteiger partial charge is 0.478 e. The molecule has 3 rings (SSSR count). The molecule has 3 aromatic rings. The molecule has 0 aliphatic carbocycles. The van der Waals surface area contributed by atoms with Crippen molar-refractivity contribution in [1.29, 1.82) is 0 Å². The fourth-order valence-corrected chi connectivity index (χ4v) is 3.37. The lowest BCUT2D eigenvalue weighted by Gasteiger charge is -2.31. The van der Waals surface area contributed by atoms with Crippen molar-refractivity contribution < 1.29 is 24.2 Å². The summed E-state index contributed by atoms with van der Waals surface area (Å²) in [5.74, 6) is -1.27. The standard InChI is InChI=1S/C24H30N6O5/c1-16(2)15-35-23(34)29-24(22(32)33,10-4-6-12-26-20-7-3-5-11-25-20)28-21(31)17-8-9-19-18(13-17)14-27-30-19/h3,5,7-9,11,13-14,16H,4,6,10,12,15H2,1-2H3,(H,25,26)(H,27,30)(H,28,31)(H,29,34)(H,32,33)/t24-/m0/s1. The molecule has 0 saturated carbocycles. The number of hydrogen-bond donors (Lipinski definition) is 5. The van der Waals surface area contributed by atoms with Crippen molar-refractivity contribution >= 4 is 34.7 Å². The normalized spacial score (nSPS) is 12.7. The molecule has 0 fully saturated rings. The predicted octanol–water partition coefficient (Wildman–Crippen LogP) is 3.13. The van der Waals surface area contributed by atoms with Gasteiger partial charge in [-0.3, -0.25) is 15.2 Å². The summed E-state index contributed by atoms with van der Waals surface area (Å²) < 4.78 is 5.13. The van der Waals surface area contributed by atoms with Gasteiger partial charge in [0.2, 0.25) is 5.66 Å². The van der Waals surface area contributed by atoms with Crippen LogP contribution in [0.3, 0.4) is 0 Å². The van der Waals surface area contributed by atoms with E-state index in [9.17, 15) is 19.5 Å². The van der Waals surface area contributed by atoms with E-state index in [4.69, 9.17) is 4.74 Å². The number of unbranched alkanes of at least 4 members (excludes halogenated alkanes) is 1. The van der Waals surface area contributed by atoms with Gasteiger partial charge in [-0.15, -0.1) is 0 Å². The smallest absolute Gasteiger partial charge is 0.409 e. The number of hydrogen-bond acceptors (Lipinski definition) is 7. The highest BCUT2D eigenvalue weighted by molar-refractivity contribution is 6.01. The van der Waals surface area contributed by atoms with Crippen LogP contribution >= 0.6 is 0 Å². The zero-order valence-corrected chi connectivity index (χ0v) is 19.7. The van der Waals surface area contributed by atoms with Crippen molar-refractivity contribution in [2.45, 2.75) is 38.8 Å². The number of ether oxygens (including phenoxy) is 1. The van der Waals surface area contributed by atoms with Crippen LogP contribution in [-0.4, -0.2) is 57.1 Å². The molecule has 0 unspecified atom stereocenters. The molecule has 0 saturated heterocycles. The molecular formula is C24H30N6O5. The first-order valence-electron chi connectivity index (χ1n) is 11.4. The van der Waals surface area contributed by atoms with Crippen LogP contribution in [-0.2, 0) is 9.53 Å². The number of alkyl carbamates (subject to hydrolysis) is 1. The second-order valence-corrected chi connectivity index (χ2v) is 8.55. The highest BCUT2D eigenvalue weighted by Gasteiger charge is 2.42. The molecular weight excluding hydrogens is 452 g/mol. The number of carbonyl (C=O) groups is 3. The Hall–Kier alpha value is -4.15. The molecule has 1 atom stereocenters. The molecule has 0 aliphatic rings. The Morgan fingerprint density at radius 2 is 1.97 bits per heavy atom. The molecule has 2 heterocycles. The molecule has 2 amide bonds. The van der Waals surface area contributed by atoms with Gasteiger partial charge in [0.1, 0.15) is 5.82 Å². The number of anilines is 1. The van der Waals surface area contributed by atoms with Crippen LogP contribution in [0.4, 0.5) is 10.6 Å². The molecule has 1 aromatic carbocycles. The molecule has 35 heavy (non-hydrogen) atoms. The number of aromatic nitrogens is 3. The Morgan fingerprint density at radius 3 is 2.69 bits per heavy atom. The monoisotopic (exact) mass is 482 g/mol. The van der Waals surface area contributed by atoms with Gasteiger partial charge in [0, 0.05) is 30.1 Å². The molecule has 0 bridgehead atoms. The number of benzene rings is 1. The number of H-pyrrole nitrogens is 1. The number of fused-ring (bicyclic) bond motifs is 1. The topological polar surface area (TPSA) is 158 Å². The second-order valence-electron chi connectivity index (χ2n) is 8.55. The first-order chi connectivity index (χ1) is 16.8. The number of carboxylic acids is 1. The van der Waals surface area contributed by atoms with E-state index in [1.165, 1.54) is 0 Å². The number of aliphatic carboxylic acids is 1. The number of carboxylic acid groups (broad SMARTS) is 1. The average Bonchev–Trinajstić information content (AvgIpc) is 3.31. The number of nitrogens with one attached hydrogen (secondary N) is 4. The summed E-state index contributed by atoms with van der Waals surface area (Å²) in [6, 6.07) is 10.3. The first kappa shape index (κ1) is 25.5. The second kappa shape index (κ2) is 11.8. The van der Waals surface area contributed by atoms with Crippen molar-refractivity contribution in [1.82, 2.24) is 25.8 Å². The van der Waals surface area contributed by atoms with Gasteiger partial charge in [-0.2, -0.15) is 5.10 Å². The summed E-state index contributed by atoms with van der Waals surface area (Å²) >= 11 is 0. The molecule has 5 N–H and O–H groups in total. The van der Waals surface area contributed by atoms with Crippen LogP contribution < -0.4 is 16.0 Å². The van der Waals surface area contributed by atoms with Gasteiger partial charge in [-0.1, -0.05) is 19.9 Å². The molecule has 0 spiro atoms. The average molecular weight is 483 g/mol. The lowest BCUT2D eigenvalue weighted by Crippen LogP contribution is -2.65. The molecule has 0 aliphatic heterocycles. The highest BCUT2D eigenvalue weighted by Crippen LogP contribution is 2.17. The third-order valence-electron chi connectivity index (χ3n) is 5.21. The SMILES string of the molecule is CC(C)COC(=O)N[C@](CCCCNc1ccccn1)(NC(=O)c1ccc2[nH]ncc2c1)C(=O)O. The van der Waals surface area contributed by atoms with Crippen molar-refractivity contribution in [2.24, 2.45) is 5.92 Å². The van der Waals surface area contributed by atoms with E-state index in [-0.39, 0.29) is 24.5 Å². The van der Waals surface area contributed by atoms with E-state index in [0.29, 0.717) is 30.6 Å². The van der Waals surface area contributed by atoms with Crippen LogP contribution in [0.15, 0.2) is 48.8 Å². The summed E-state index contributed by atoms with van der Waals surface area (Å²) in [5.41, 5.74) is -1.08. The zero-order valence-electron chi connectivity index (χ0n) is 19.7. The van der Waals surface area contributed by atoms with E-state index in [2.05, 4.69) is 31.1 Å². The van der Waals surface area contributed by atoms with E-state index >= 15 is 0 Å². The Bertz CT molecular complexity index is 1150. The fourth-order valence-electron chi connectivity index (χ4n) is 3.37. The molecule has 11 heteroatoms. The van der Waals surface area contributed by atoms with Gasteiger partial charge < -0.3 is 20.5 Å². The third-order valence-corrected chi connectivity index (χ3v) is 5.21. The Kier molecular flexibility index (Phi) is 8.60. The van der Waals surface area contributed by atoms with E-state index in [1.807, 2.05) is 32.0 Å². The molecule has 11 nitrogen and oxygen atoms in total. The quantitative estimate of drug-likeness (QED) is 0.194. The maximum absolute atomic E-state index is 13.0. The first-order valence-corrected chi connectivity index (χ1v) is 11.4. The fraction of sp³-hybridized carbons (Fsp3) is 0.375. The Labute approximate surface area is 202 Å². The maximum atomic E-state index is 13.0. The lowest BCUT2D eigenvalue weighted by molar-refractivity contribution is -0.146. The minimum Gasteiger partial charge on any atom is -0.478 e. The van der Waals surface area contributed by atoms with E-state index < -0.39 is 23.6 Å². The highest BCUT2D eigenvalue weighted by atomic mass is 16.5. The molecule has 2 aromatic heterocycles. The van der Waals surface area contributed by atoms with Gasteiger partial charge >= 0.3 is 12.1 Å². The van der Waals surface area contributed by atoms with Crippen LogP contribution in [0.1, 0.15) is 43.5 Å². The van der Waals surface area contributed by atoms with Crippen LogP contribution in [0, 0.1) is 5.92 Å². The number of rotatable bonds is 12. The zero-order chi connectivity index (χ0) is 25.3. The number of carbonyl (C=O) groups excluding carboxylic acids is 2. The van der Waals surface area contributed by atoms with Crippen LogP contribution in [0.2, 0.25) is 0 Å². The summed E-state index contributed by atoms with van der Waals surface area (Å²) in [6.07, 6.45) is 3.22. The van der Waals surface area contributed by atoms with Gasteiger partial charge in [0.25, 0.3) is 5.91 Å². The van der Waals surface area contributed by atoms with E-state index in [0.717, 1.165) is 5.52 Å². The summed E-state index contributed by atoms with van der Waals surface area (Å²) in [5, 5.41) is 25.6. The Balaban J connectivity index is 1.71. The van der Waals surface area contributed by atoms with E-state index in [1.54, 1.807) is 30.6 Å². The van der Waals surface area contributed by atoms with Crippen molar-refractivity contribution in [2.75, 3.05) is 18.5 Å². The van der Waals surface area contributed by atoms with Crippen molar-refractivity contribution in [3.63, 3.8) is 0 Å². The number of aromatic amines is 1. The van der Waals surface area contributed by atoms with Gasteiger partial charge in [-0.05, 0) is 49.1 Å². The summed E-state index contributed by atoms with van der Waals surface area (Å²) in [7, 11) is 0. The number of pyridine rings is 1. The maximum Gasteiger partial charge on any atom is 0.409 e. The third kappa shape index (κ3) is 7.16.